The fourth-order valence-electron chi connectivity index (χ4n) is 3.39. The van der Waals surface area contributed by atoms with Gasteiger partial charge in [-0.1, -0.05) is 47.9 Å². The van der Waals surface area contributed by atoms with E-state index in [1.54, 1.807) is 17.5 Å². The molecule has 134 valence electrons. The van der Waals surface area contributed by atoms with Gasteiger partial charge in [0.2, 0.25) is 0 Å². The number of anilines is 1. The summed E-state index contributed by atoms with van der Waals surface area (Å²) in [4.78, 5) is 15.0. The minimum atomic E-state index is -0.414. The highest BCUT2D eigenvalue weighted by Gasteiger charge is 2.34. The fraction of sp³-hybridized carbons (Fsp3) is 0.316. The quantitative estimate of drug-likeness (QED) is 0.681. The van der Waals surface area contributed by atoms with Crippen molar-refractivity contribution >= 4 is 28.1 Å². The lowest BCUT2D eigenvalue weighted by molar-refractivity contribution is 0.432. The Morgan fingerprint density at radius 2 is 2.00 bits per heavy atom. The van der Waals surface area contributed by atoms with E-state index in [0.717, 1.165) is 58.5 Å². The van der Waals surface area contributed by atoms with Crippen LogP contribution in [0.5, 0.6) is 0 Å². The molecule has 0 saturated heterocycles. The molecule has 1 aliphatic carbocycles. The molecule has 0 spiro atoms. The zero-order valence-corrected chi connectivity index (χ0v) is 16.1. The van der Waals surface area contributed by atoms with E-state index in [2.05, 4.69) is 10.3 Å². The minimum absolute atomic E-state index is 0.414. The highest BCUT2D eigenvalue weighted by molar-refractivity contribution is 7.19. The SMILES string of the molecule is CNc1nc(-c2cccc(Cl)c2)c(-c2ccnc(C3(N)CCCC3)n2)s1. The van der Waals surface area contributed by atoms with Crippen molar-refractivity contribution in [3.8, 4) is 21.8 Å². The number of rotatable bonds is 4. The van der Waals surface area contributed by atoms with E-state index in [1.807, 2.05) is 37.4 Å². The molecule has 1 aliphatic rings. The number of benzene rings is 1. The largest absolute Gasteiger partial charge is 0.365 e. The van der Waals surface area contributed by atoms with E-state index < -0.39 is 5.54 Å². The number of nitrogens with one attached hydrogen (secondary N) is 1. The molecule has 7 heteroatoms. The first kappa shape index (κ1) is 17.4. The van der Waals surface area contributed by atoms with E-state index in [0.29, 0.717) is 5.02 Å². The number of thiazole rings is 1. The Bertz CT molecular complexity index is 933. The molecule has 3 N–H and O–H groups in total. The summed E-state index contributed by atoms with van der Waals surface area (Å²) in [6.45, 7) is 0. The van der Waals surface area contributed by atoms with Gasteiger partial charge in [0.25, 0.3) is 0 Å². The van der Waals surface area contributed by atoms with Gasteiger partial charge in [-0.2, -0.15) is 0 Å². The Hall–Kier alpha value is -2.02. The smallest absolute Gasteiger partial charge is 0.183 e. The molecule has 2 heterocycles. The van der Waals surface area contributed by atoms with Crippen molar-refractivity contribution < 1.29 is 0 Å². The van der Waals surface area contributed by atoms with Crippen LogP contribution in [0.3, 0.4) is 0 Å². The number of nitrogens with zero attached hydrogens (tertiary/aromatic N) is 3. The van der Waals surface area contributed by atoms with Gasteiger partial charge in [-0.25, -0.2) is 15.0 Å². The zero-order valence-electron chi connectivity index (χ0n) is 14.5. The van der Waals surface area contributed by atoms with Crippen molar-refractivity contribution in [2.75, 3.05) is 12.4 Å². The third-order valence-electron chi connectivity index (χ3n) is 4.77. The number of nitrogens with two attached hydrogens (primary N) is 1. The van der Waals surface area contributed by atoms with Gasteiger partial charge in [-0.3, -0.25) is 0 Å². The Morgan fingerprint density at radius 3 is 2.73 bits per heavy atom. The summed E-state index contributed by atoms with van der Waals surface area (Å²) in [7, 11) is 1.86. The van der Waals surface area contributed by atoms with Gasteiger partial charge in [0.15, 0.2) is 5.13 Å². The van der Waals surface area contributed by atoms with Crippen LogP contribution in [-0.4, -0.2) is 22.0 Å². The summed E-state index contributed by atoms with van der Waals surface area (Å²) in [5.74, 6) is 0.726. The van der Waals surface area contributed by atoms with Gasteiger partial charge >= 0.3 is 0 Å². The molecule has 1 aromatic carbocycles. The van der Waals surface area contributed by atoms with Crippen LogP contribution in [0.4, 0.5) is 5.13 Å². The Kier molecular flexibility index (Phi) is 4.65. The lowest BCUT2D eigenvalue weighted by Gasteiger charge is -2.21. The molecule has 0 atom stereocenters. The van der Waals surface area contributed by atoms with Gasteiger partial charge < -0.3 is 11.1 Å². The van der Waals surface area contributed by atoms with Crippen LogP contribution in [0, 0.1) is 0 Å². The standard InChI is InChI=1S/C19H20ClN5S/c1-22-18-25-15(12-5-4-6-13(20)11-12)16(26-18)14-7-10-23-17(24-14)19(21)8-2-3-9-19/h4-7,10-11H,2-3,8-9,21H2,1H3,(H,22,25). The highest BCUT2D eigenvalue weighted by atomic mass is 35.5. The van der Waals surface area contributed by atoms with Crippen LogP contribution >= 0.6 is 22.9 Å². The molecule has 1 fully saturated rings. The molecule has 0 amide bonds. The third kappa shape index (κ3) is 3.20. The summed E-state index contributed by atoms with van der Waals surface area (Å²) in [6, 6.07) is 9.63. The van der Waals surface area contributed by atoms with E-state index >= 15 is 0 Å². The van der Waals surface area contributed by atoms with E-state index in [-0.39, 0.29) is 0 Å². The maximum Gasteiger partial charge on any atom is 0.183 e. The predicted molar refractivity (Wildman–Crippen MR) is 107 cm³/mol. The molecule has 4 rings (SSSR count). The van der Waals surface area contributed by atoms with E-state index in [9.17, 15) is 0 Å². The van der Waals surface area contributed by atoms with Gasteiger partial charge in [0.05, 0.1) is 21.8 Å². The molecule has 3 aromatic rings. The number of halogens is 1. The lowest BCUT2D eigenvalue weighted by Crippen LogP contribution is -2.35. The van der Waals surface area contributed by atoms with Crippen molar-refractivity contribution in [3.63, 3.8) is 0 Å². The zero-order chi connectivity index (χ0) is 18.1. The van der Waals surface area contributed by atoms with Crippen molar-refractivity contribution in [1.29, 1.82) is 0 Å². The number of aromatic nitrogens is 3. The summed E-state index contributed by atoms with van der Waals surface area (Å²) in [5, 5.41) is 4.64. The Balaban J connectivity index is 1.82. The first-order valence-electron chi connectivity index (χ1n) is 8.66. The van der Waals surface area contributed by atoms with E-state index in [4.69, 9.17) is 27.3 Å². The van der Waals surface area contributed by atoms with Gasteiger partial charge in [0, 0.05) is 23.8 Å². The molecule has 1 saturated carbocycles. The second-order valence-corrected chi connectivity index (χ2v) is 8.02. The molecule has 0 unspecified atom stereocenters. The van der Waals surface area contributed by atoms with Gasteiger partial charge in [-0.15, -0.1) is 0 Å². The molecule has 0 bridgehead atoms. The second kappa shape index (κ2) is 6.95. The number of hydrogen-bond donors (Lipinski definition) is 2. The van der Waals surface area contributed by atoms with Gasteiger partial charge in [0.1, 0.15) is 5.82 Å². The highest BCUT2D eigenvalue weighted by Crippen LogP contribution is 2.40. The molecule has 0 radical (unpaired) electrons. The average Bonchev–Trinajstić information content (AvgIpc) is 3.29. The summed E-state index contributed by atoms with van der Waals surface area (Å²) >= 11 is 7.75. The third-order valence-corrected chi connectivity index (χ3v) is 6.10. The van der Waals surface area contributed by atoms with Crippen LogP contribution in [0.15, 0.2) is 36.5 Å². The van der Waals surface area contributed by atoms with E-state index in [1.165, 1.54) is 0 Å². The first-order valence-corrected chi connectivity index (χ1v) is 9.86. The molecule has 26 heavy (non-hydrogen) atoms. The van der Waals surface area contributed by atoms with Crippen LogP contribution < -0.4 is 11.1 Å². The normalized spacial score (nSPS) is 16.0. The van der Waals surface area contributed by atoms with Crippen molar-refractivity contribution in [1.82, 2.24) is 15.0 Å². The summed E-state index contributed by atoms with van der Waals surface area (Å²) in [5.41, 5.74) is 8.83. The molecule has 0 aliphatic heterocycles. The van der Waals surface area contributed by atoms with Crippen LogP contribution in [0.1, 0.15) is 31.5 Å². The second-order valence-electron chi connectivity index (χ2n) is 6.59. The van der Waals surface area contributed by atoms with Crippen molar-refractivity contribution in [2.45, 2.75) is 31.2 Å². The fourth-order valence-corrected chi connectivity index (χ4v) is 4.49. The van der Waals surface area contributed by atoms with Crippen molar-refractivity contribution in [2.24, 2.45) is 5.73 Å². The van der Waals surface area contributed by atoms with Crippen LogP contribution in [0.25, 0.3) is 21.8 Å². The lowest BCUT2D eigenvalue weighted by atomic mass is 9.98. The molecular formula is C19H20ClN5S. The van der Waals surface area contributed by atoms with Gasteiger partial charge in [-0.05, 0) is 31.0 Å². The maximum atomic E-state index is 6.56. The Morgan fingerprint density at radius 1 is 1.19 bits per heavy atom. The maximum absolute atomic E-state index is 6.56. The van der Waals surface area contributed by atoms with Crippen LogP contribution in [0.2, 0.25) is 5.02 Å². The monoisotopic (exact) mass is 385 g/mol. The summed E-state index contributed by atoms with van der Waals surface area (Å²) < 4.78 is 0. The molecule has 5 nitrogen and oxygen atoms in total. The minimum Gasteiger partial charge on any atom is -0.365 e. The predicted octanol–water partition coefficient (Wildman–Crippen LogP) is 4.69. The molecule has 2 aromatic heterocycles. The molecular weight excluding hydrogens is 366 g/mol. The summed E-state index contributed by atoms with van der Waals surface area (Å²) in [6.07, 6.45) is 5.92. The van der Waals surface area contributed by atoms with Crippen molar-refractivity contribution in [3.05, 3.63) is 47.4 Å². The van der Waals surface area contributed by atoms with Crippen LogP contribution in [-0.2, 0) is 5.54 Å². The number of hydrogen-bond acceptors (Lipinski definition) is 6. The Labute approximate surface area is 161 Å². The first-order chi connectivity index (χ1) is 12.6. The average molecular weight is 386 g/mol. The topological polar surface area (TPSA) is 76.7 Å².